The molecule has 0 radical (unpaired) electrons. The summed E-state index contributed by atoms with van der Waals surface area (Å²) in [5.74, 6) is 0.135. The fraction of sp³-hybridized carbons (Fsp3) is 0.250. The number of pyridine rings is 1. The van der Waals surface area contributed by atoms with Gasteiger partial charge < -0.3 is 5.32 Å². The molecule has 108 valence electrons. The normalized spacial score (nSPS) is 11.5. The first-order valence-corrected chi connectivity index (χ1v) is 8.63. The van der Waals surface area contributed by atoms with Gasteiger partial charge in [-0.05, 0) is 30.8 Å². The lowest BCUT2D eigenvalue weighted by molar-refractivity contribution is 0.603. The van der Waals surface area contributed by atoms with Crippen LogP contribution in [0.2, 0.25) is 5.02 Å². The summed E-state index contributed by atoms with van der Waals surface area (Å²) in [6.45, 7) is 3.48. The number of thiophene rings is 1. The standard InChI is InChI=1S/C12H14ClN3O2S2/c1-2-14-8-9-5-6-11(19-9)20(17,18)16-12-10(13)4-3-7-15-12/h3-7,14H,2,8H2,1H3,(H,15,16). The first-order valence-electron chi connectivity index (χ1n) is 5.95. The highest BCUT2D eigenvalue weighted by Crippen LogP contribution is 2.26. The Morgan fingerprint density at radius 2 is 2.15 bits per heavy atom. The largest absolute Gasteiger partial charge is 0.312 e. The Hall–Kier alpha value is -1.15. The van der Waals surface area contributed by atoms with E-state index in [4.69, 9.17) is 11.6 Å². The third kappa shape index (κ3) is 3.69. The van der Waals surface area contributed by atoms with Gasteiger partial charge in [-0.1, -0.05) is 18.5 Å². The Kier molecular flexibility index (Phi) is 4.98. The fourth-order valence-corrected chi connectivity index (χ4v) is 4.06. The maximum atomic E-state index is 12.2. The molecule has 0 bridgehead atoms. The van der Waals surface area contributed by atoms with Crippen molar-refractivity contribution in [2.45, 2.75) is 17.7 Å². The van der Waals surface area contributed by atoms with Crippen molar-refractivity contribution in [3.05, 3.63) is 40.4 Å². The molecule has 20 heavy (non-hydrogen) atoms. The molecule has 0 spiro atoms. The van der Waals surface area contributed by atoms with Crippen LogP contribution >= 0.6 is 22.9 Å². The maximum Gasteiger partial charge on any atom is 0.272 e. The molecule has 2 rings (SSSR count). The zero-order valence-corrected chi connectivity index (χ0v) is 13.1. The van der Waals surface area contributed by atoms with Crippen molar-refractivity contribution in [2.75, 3.05) is 11.3 Å². The molecule has 2 aromatic rings. The quantitative estimate of drug-likeness (QED) is 0.853. The number of hydrogen-bond acceptors (Lipinski definition) is 5. The van der Waals surface area contributed by atoms with E-state index in [1.54, 1.807) is 24.3 Å². The molecule has 0 amide bonds. The minimum absolute atomic E-state index is 0.135. The van der Waals surface area contributed by atoms with Crippen molar-refractivity contribution in [1.29, 1.82) is 0 Å². The van der Waals surface area contributed by atoms with Gasteiger partial charge in [-0.25, -0.2) is 13.4 Å². The van der Waals surface area contributed by atoms with Gasteiger partial charge in [-0.15, -0.1) is 11.3 Å². The summed E-state index contributed by atoms with van der Waals surface area (Å²) in [6.07, 6.45) is 1.48. The van der Waals surface area contributed by atoms with Gasteiger partial charge >= 0.3 is 0 Å². The van der Waals surface area contributed by atoms with Crippen LogP contribution in [0.5, 0.6) is 0 Å². The molecule has 0 aliphatic rings. The van der Waals surface area contributed by atoms with Gasteiger partial charge in [0.25, 0.3) is 10.0 Å². The SMILES string of the molecule is CCNCc1ccc(S(=O)(=O)Nc2ncccc2Cl)s1. The molecule has 2 N–H and O–H groups in total. The average molecular weight is 332 g/mol. The number of aromatic nitrogens is 1. The van der Waals surface area contributed by atoms with Crippen LogP contribution in [-0.2, 0) is 16.6 Å². The molecular formula is C12H14ClN3O2S2. The van der Waals surface area contributed by atoms with Crippen molar-refractivity contribution < 1.29 is 8.42 Å². The summed E-state index contributed by atoms with van der Waals surface area (Å²) in [5, 5.41) is 3.41. The zero-order valence-electron chi connectivity index (χ0n) is 10.8. The third-order valence-electron chi connectivity index (χ3n) is 2.44. The number of nitrogens with zero attached hydrogens (tertiary/aromatic N) is 1. The Morgan fingerprint density at radius 1 is 1.35 bits per heavy atom. The first-order chi connectivity index (χ1) is 9.53. The summed E-state index contributed by atoms with van der Waals surface area (Å²) in [6, 6.07) is 6.59. The Morgan fingerprint density at radius 3 is 2.85 bits per heavy atom. The summed E-state index contributed by atoms with van der Waals surface area (Å²) in [7, 11) is -3.65. The number of halogens is 1. The van der Waals surface area contributed by atoms with Crippen LogP contribution in [0.15, 0.2) is 34.7 Å². The van der Waals surface area contributed by atoms with Gasteiger partial charge in [0, 0.05) is 17.6 Å². The summed E-state index contributed by atoms with van der Waals surface area (Å²) in [5.41, 5.74) is 0. The topological polar surface area (TPSA) is 71.1 Å². The molecular weight excluding hydrogens is 318 g/mol. The van der Waals surface area contributed by atoms with E-state index in [2.05, 4.69) is 15.0 Å². The zero-order chi connectivity index (χ0) is 14.6. The number of sulfonamides is 1. The predicted octanol–water partition coefficient (Wildman–Crippen LogP) is 2.71. The molecule has 0 unspecified atom stereocenters. The van der Waals surface area contributed by atoms with Gasteiger partial charge in [-0.2, -0.15) is 0 Å². The highest BCUT2D eigenvalue weighted by molar-refractivity contribution is 7.94. The second-order valence-electron chi connectivity index (χ2n) is 3.94. The van der Waals surface area contributed by atoms with Crippen LogP contribution in [-0.4, -0.2) is 19.9 Å². The van der Waals surface area contributed by atoms with E-state index in [-0.39, 0.29) is 15.0 Å². The highest BCUT2D eigenvalue weighted by Gasteiger charge is 2.18. The van der Waals surface area contributed by atoms with Crippen LogP contribution in [0.4, 0.5) is 5.82 Å². The number of anilines is 1. The monoisotopic (exact) mass is 331 g/mol. The van der Waals surface area contributed by atoms with Crippen molar-refractivity contribution in [3.63, 3.8) is 0 Å². The van der Waals surface area contributed by atoms with E-state index in [0.717, 1.165) is 11.4 Å². The molecule has 0 saturated heterocycles. The second kappa shape index (κ2) is 6.53. The average Bonchev–Trinajstić information content (AvgIpc) is 2.88. The number of hydrogen-bond donors (Lipinski definition) is 2. The van der Waals surface area contributed by atoms with Crippen molar-refractivity contribution in [1.82, 2.24) is 10.3 Å². The lowest BCUT2D eigenvalue weighted by Gasteiger charge is -2.06. The maximum absolute atomic E-state index is 12.2. The summed E-state index contributed by atoms with van der Waals surface area (Å²) >= 11 is 7.12. The molecule has 5 nitrogen and oxygen atoms in total. The molecule has 0 fully saturated rings. The Balaban J connectivity index is 2.18. The predicted molar refractivity (Wildman–Crippen MR) is 81.8 cm³/mol. The molecule has 0 aliphatic carbocycles. The Labute approximate surface area is 127 Å². The minimum Gasteiger partial charge on any atom is -0.312 e. The van der Waals surface area contributed by atoms with Crippen molar-refractivity contribution >= 4 is 38.8 Å². The molecule has 0 atom stereocenters. The van der Waals surface area contributed by atoms with E-state index in [1.807, 2.05) is 6.92 Å². The molecule has 2 heterocycles. The number of nitrogens with one attached hydrogen (secondary N) is 2. The van der Waals surface area contributed by atoms with Crippen LogP contribution < -0.4 is 10.0 Å². The smallest absolute Gasteiger partial charge is 0.272 e. The van der Waals surface area contributed by atoms with E-state index >= 15 is 0 Å². The van der Waals surface area contributed by atoms with E-state index in [1.165, 1.54) is 17.5 Å². The summed E-state index contributed by atoms with van der Waals surface area (Å²) < 4.78 is 27.1. The van der Waals surface area contributed by atoms with Gasteiger partial charge in [0.15, 0.2) is 5.82 Å². The van der Waals surface area contributed by atoms with E-state index in [9.17, 15) is 8.42 Å². The van der Waals surface area contributed by atoms with Gasteiger partial charge in [0.05, 0.1) is 5.02 Å². The highest BCUT2D eigenvalue weighted by atomic mass is 35.5. The molecule has 2 aromatic heterocycles. The van der Waals surface area contributed by atoms with E-state index in [0.29, 0.717) is 6.54 Å². The number of rotatable bonds is 6. The third-order valence-corrected chi connectivity index (χ3v) is 5.66. The lowest BCUT2D eigenvalue weighted by atomic mass is 10.4. The van der Waals surface area contributed by atoms with Crippen LogP contribution in [0, 0.1) is 0 Å². The van der Waals surface area contributed by atoms with E-state index < -0.39 is 10.0 Å². The van der Waals surface area contributed by atoms with Crippen molar-refractivity contribution in [3.8, 4) is 0 Å². The fourth-order valence-electron chi connectivity index (χ4n) is 1.48. The summed E-state index contributed by atoms with van der Waals surface area (Å²) in [4.78, 5) is 4.87. The molecule has 0 aromatic carbocycles. The van der Waals surface area contributed by atoms with Gasteiger partial charge in [0.1, 0.15) is 4.21 Å². The molecule has 0 saturated carbocycles. The lowest BCUT2D eigenvalue weighted by Crippen LogP contribution is -2.13. The van der Waals surface area contributed by atoms with Crippen molar-refractivity contribution in [2.24, 2.45) is 0 Å². The van der Waals surface area contributed by atoms with Gasteiger partial charge in [-0.3, -0.25) is 4.72 Å². The Bertz CT molecular complexity index is 686. The first kappa shape index (κ1) is 15.2. The molecule has 0 aliphatic heterocycles. The van der Waals surface area contributed by atoms with Crippen LogP contribution in [0.25, 0.3) is 0 Å². The van der Waals surface area contributed by atoms with Crippen LogP contribution in [0.3, 0.4) is 0 Å². The molecule has 8 heteroatoms. The van der Waals surface area contributed by atoms with Crippen LogP contribution in [0.1, 0.15) is 11.8 Å². The van der Waals surface area contributed by atoms with Gasteiger partial charge in [0.2, 0.25) is 0 Å². The minimum atomic E-state index is -3.65. The second-order valence-corrected chi connectivity index (χ2v) is 7.43.